The van der Waals surface area contributed by atoms with Gasteiger partial charge in [-0.25, -0.2) is 4.39 Å². The standard InChI is InChI=1S/C21H19FN8O/c22-17-14-24-8-6-16(17)21(31)29-10-2-9-28(11-12-29)19-5-4-18-25-26-20(30(18)27-19)15-3-1-7-23-13-15/h1,3-8,13-14H,2,9-12H2. The van der Waals surface area contributed by atoms with Gasteiger partial charge in [-0.2, -0.15) is 4.52 Å². The van der Waals surface area contributed by atoms with Crippen molar-refractivity contribution in [3.63, 3.8) is 0 Å². The zero-order chi connectivity index (χ0) is 21.2. The second-order valence-corrected chi connectivity index (χ2v) is 7.22. The second kappa shape index (κ2) is 8.05. The van der Waals surface area contributed by atoms with Crippen molar-refractivity contribution in [2.24, 2.45) is 0 Å². The number of anilines is 1. The topological polar surface area (TPSA) is 92.4 Å². The van der Waals surface area contributed by atoms with Crippen LogP contribution in [0, 0.1) is 5.82 Å². The van der Waals surface area contributed by atoms with Crippen molar-refractivity contribution in [3.05, 3.63) is 66.5 Å². The van der Waals surface area contributed by atoms with Crippen LogP contribution in [-0.4, -0.2) is 66.8 Å². The number of pyridine rings is 2. The molecule has 1 aliphatic heterocycles. The minimum absolute atomic E-state index is 0.0496. The highest BCUT2D eigenvalue weighted by molar-refractivity contribution is 5.94. The van der Waals surface area contributed by atoms with Crippen LogP contribution in [0.2, 0.25) is 0 Å². The van der Waals surface area contributed by atoms with Crippen LogP contribution in [0.25, 0.3) is 17.0 Å². The van der Waals surface area contributed by atoms with Crippen molar-refractivity contribution in [1.82, 2.24) is 34.7 Å². The molecular formula is C21H19FN8O. The molecule has 0 N–H and O–H groups in total. The van der Waals surface area contributed by atoms with Gasteiger partial charge in [0.05, 0.1) is 11.8 Å². The average molecular weight is 418 g/mol. The van der Waals surface area contributed by atoms with E-state index in [4.69, 9.17) is 5.10 Å². The van der Waals surface area contributed by atoms with Gasteiger partial charge in [0.25, 0.3) is 5.91 Å². The molecule has 0 atom stereocenters. The van der Waals surface area contributed by atoms with Crippen LogP contribution >= 0.6 is 0 Å². The van der Waals surface area contributed by atoms with Gasteiger partial charge in [-0.15, -0.1) is 15.3 Å². The van der Waals surface area contributed by atoms with Crippen LogP contribution in [0.5, 0.6) is 0 Å². The Kier molecular flexibility index (Phi) is 4.95. The molecule has 0 radical (unpaired) electrons. The Balaban J connectivity index is 1.38. The lowest BCUT2D eigenvalue weighted by atomic mass is 10.2. The normalized spacial score (nSPS) is 14.6. The van der Waals surface area contributed by atoms with Crippen LogP contribution in [0.15, 0.2) is 55.1 Å². The number of amides is 1. The summed E-state index contributed by atoms with van der Waals surface area (Å²) < 4.78 is 15.7. The highest BCUT2D eigenvalue weighted by Crippen LogP contribution is 2.20. The Morgan fingerprint density at radius 2 is 1.84 bits per heavy atom. The van der Waals surface area contributed by atoms with Gasteiger partial charge in [0.1, 0.15) is 5.82 Å². The lowest BCUT2D eigenvalue weighted by molar-refractivity contribution is 0.0762. The molecule has 0 spiro atoms. The minimum Gasteiger partial charge on any atom is -0.353 e. The van der Waals surface area contributed by atoms with E-state index in [0.29, 0.717) is 31.1 Å². The molecule has 0 aromatic carbocycles. The summed E-state index contributed by atoms with van der Waals surface area (Å²) >= 11 is 0. The molecule has 4 aromatic rings. The van der Waals surface area contributed by atoms with Gasteiger partial charge >= 0.3 is 0 Å². The summed E-state index contributed by atoms with van der Waals surface area (Å²) in [6.45, 7) is 2.33. The molecule has 1 fully saturated rings. The van der Waals surface area contributed by atoms with E-state index >= 15 is 0 Å². The summed E-state index contributed by atoms with van der Waals surface area (Å²) in [6.07, 6.45) is 6.66. The van der Waals surface area contributed by atoms with Gasteiger partial charge in [-0.05, 0) is 36.8 Å². The zero-order valence-corrected chi connectivity index (χ0v) is 16.6. The van der Waals surface area contributed by atoms with E-state index in [1.54, 1.807) is 21.8 Å². The van der Waals surface area contributed by atoms with E-state index < -0.39 is 5.82 Å². The van der Waals surface area contributed by atoms with E-state index in [9.17, 15) is 9.18 Å². The summed E-state index contributed by atoms with van der Waals surface area (Å²) in [7, 11) is 0. The molecule has 156 valence electrons. The van der Waals surface area contributed by atoms with Crippen LogP contribution in [0.3, 0.4) is 0 Å². The van der Waals surface area contributed by atoms with Gasteiger partial charge in [0.2, 0.25) is 0 Å². The first-order chi connectivity index (χ1) is 15.2. The highest BCUT2D eigenvalue weighted by atomic mass is 19.1. The Morgan fingerprint density at radius 3 is 2.68 bits per heavy atom. The fourth-order valence-electron chi connectivity index (χ4n) is 3.69. The summed E-state index contributed by atoms with van der Waals surface area (Å²) in [5, 5.41) is 13.2. The number of halogens is 1. The molecule has 5 heterocycles. The van der Waals surface area contributed by atoms with Gasteiger partial charge in [0, 0.05) is 50.3 Å². The van der Waals surface area contributed by atoms with Crippen LogP contribution < -0.4 is 4.90 Å². The monoisotopic (exact) mass is 418 g/mol. The average Bonchev–Trinajstić information content (AvgIpc) is 3.07. The second-order valence-electron chi connectivity index (χ2n) is 7.22. The maximum atomic E-state index is 14.0. The van der Waals surface area contributed by atoms with Crippen molar-refractivity contribution in [2.75, 3.05) is 31.1 Å². The smallest absolute Gasteiger partial charge is 0.257 e. The molecule has 0 saturated carbocycles. The molecule has 0 bridgehead atoms. The van der Waals surface area contributed by atoms with E-state index in [1.807, 2.05) is 24.3 Å². The summed E-state index contributed by atoms with van der Waals surface area (Å²) in [4.78, 5) is 24.4. The minimum atomic E-state index is -0.601. The number of hydrogen-bond acceptors (Lipinski definition) is 7. The largest absolute Gasteiger partial charge is 0.353 e. The van der Waals surface area contributed by atoms with Crippen molar-refractivity contribution < 1.29 is 9.18 Å². The summed E-state index contributed by atoms with van der Waals surface area (Å²) in [5.41, 5.74) is 1.52. The van der Waals surface area contributed by atoms with Gasteiger partial charge in [0.15, 0.2) is 17.3 Å². The molecule has 5 rings (SSSR count). The Morgan fingerprint density at radius 1 is 0.935 bits per heavy atom. The summed E-state index contributed by atoms with van der Waals surface area (Å²) in [6, 6.07) is 8.94. The maximum absolute atomic E-state index is 14.0. The zero-order valence-electron chi connectivity index (χ0n) is 16.6. The van der Waals surface area contributed by atoms with Crippen molar-refractivity contribution in [1.29, 1.82) is 0 Å². The fourth-order valence-corrected chi connectivity index (χ4v) is 3.69. The molecular weight excluding hydrogens is 399 g/mol. The van der Waals surface area contributed by atoms with Crippen molar-refractivity contribution >= 4 is 17.4 Å². The fraction of sp³-hybridized carbons (Fsp3) is 0.238. The molecule has 0 aliphatic carbocycles. The van der Waals surface area contributed by atoms with E-state index in [1.165, 1.54) is 12.3 Å². The molecule has 0 unspecified atom stereocenters. The van der Waals surface area contributed by atoms with Crippen LogP contribution in [-0.2, 0) is 0 Å². The maximum Gasteiger partial charge on any atom is 0.257 e. The molecule has 1 saturated heterocycles. The van der Waals surface area contributed by atoms with Crippen molar-refractivity contribution in [2.45, 2.75) is 6.42 Å². The Hall–Kier alpha value is -3.95. The lowest BCUT2D eigenvalue weighted by Crippen LogP contribution is -2.36. The molecule has 1 aliphatic rings. The van der Waals surface area contributed by atoms with E-state index in [2.05, 4.69) is 25.1 Å². The number of hydrogen-bond donors (Lipinski definition) is 0. The Bertz CT molecular complexity index is 1230. The number of nitrogens with zero attached hydrogens (tertiary/aromatic N) is 8. The third-order valence-electron chi connectivity index (χ3n) is 5.28. The third-order valence-corrected chi connectivity index (χ3v) is 5.28. The highest BCUT2D eigenvalue weighted by Gasteiger charge is 2.23. The summed E-state index contributed by atoms with van der Waals surface area (Å²) in [5.74, 6) is 0.464. The number of carbonyl (C=O) groups excluding carboxylic acids is 1. The van der Waals surface area contributed by atoms with Gasteiger partial charge in [-0.1, -0.05) is 0 Å². The van der Waals surface area contributed by atoms with E-state index in [-0.39, 0.29) is 11.5 Å². The SMILES string of the molecule is O=C(c1ccncc1F)N1CCCN(c2ccc3nnc(-c4cccnc4)n3n2)CC1. The number of fused-ring (bicyclic) bond motifs is 1. The molecule has 1 amide bonds. The van der Waals surface area contributed by atoms with Gasteiger partial charge < -0.3 is 9.80 Å². The predicted octanol–water partition coefficient (Wildman–Crippen LogP) is 2.07. The third kappa shape index (κ3) is 3.67. The van der Waals surface area contributed by atoms with Gasteiger partial charge in [-0.3, -0.25) is 14.8 Å². The quantitative estimate of drug-likeness (QED) is 0.503. The predicted molar refractivity (Wildman–Crippen MR) is 111 cm³/mol. The number of carbonyl (C=O) groups is 1. The molecule has 10 heteroatoms. The first-order valence-corrected chi connectivity index (χ1v) is 9.97. The van der Waals surface area contributed by atoms with E-state index in [0.717, 1.165) is 30.5 Å². The molecule has 31 heavy (non-hydrogen) atoms. The lowest BCUT2D eigenvalue weighted by Gasteiger charge is -2.23. The first kappa shape index (κ1) is 19.0. The van der Waals surface area contributed by atoms with Crippen molar-refractivity contribution in [3.8, 4) is 11.4 Å². The first-order valence-electron chi connectivity index (χ1n) is 9.97. The molecule has 4 aromatic heterocycles. The van der Waals surface area contributed by atoms with Crippen LogP contribution in [0.1, 0.15) is 16.8 Å². The van der Waals surface area contributed by atoms with Crippen LogP contribution in [0.4, 0.5) is 10.2 Å². The number of aromatic nitrogens is 6. The Labute approximate surface area is 177 Å². The number of rotatable bonds is 3. The molecule has 9 nitrogen and oxygen atoms in total.